The first-order valence-corrected chi connectivity index (χ1v) is 14.5. The molecule has 38 heavy (non-hydrogen) atoms. The lowest BCUT2D eigenvalue weighted by molar-refractivity contribution is -0.718. The van der Waals surface area contributed by atoms with Crippen molar-refractivity contribution in [2.24, 2.45) is 11.8 Å². The van der Waals surface area contributed by atoms with Crippen molar-refractivity contribution in [2.75, 3.05) is 0 Å². The Balaban J connectivity index is 1.27. The molecule has 196 valence electrons. The van der Waals surface area contributed by atoms with Crippen molar-refractivity contribution < 1.29 is 8.98 Å². The minimum Gasteiger partial charge on any atom is -0.416 e. The molecule has 2 aromatic carbocycles. The van der Waals surface area contributed by atoms with E-state index in [0.29, 0.717) is 23.7 Å². The maximum Gasteiger partial charge on any atom is 0.248 e. The van der Waals surface area contributed by atoms with Gasteiger partial charge in [0, 0.05) is 35.6 Å². The first-order chi connectivity index (χ1) is 18.4. The van der Waals surface area contributed by atoms with Gasteiger partial charge in [0.1, 0.15) is 0 Å². The van der Waals surface area contributed by atoms with Crippen LogP contribution in [0.1, 0.15) is 89.8 Å². The summed E-state index contributed by atoms with van der Waals surface area (Å²) in [6.07, 6.45) is 8.42. The van der Waals surface area contributed by atoms with Crippen LogP contribution in [-0.4, -0.2) is 10.2 Å². The van der Waals surface area contributed by atoms with Crippen molar-refractivity contribution in [2.45, 2.75) is 84.1 Å². The van der Waals surface area contributed by atoms with Gasteiger partial charge in [-0.15, -0.1) is 10.2 Å². The number of pyridine rings is 1. The molecule has 0 spiro atoms. The zero-order valence-corrected chi connectivity index (χ0v) is 23.4. The lowest BCUT2D eigenvalue weighted by Gasteiger charge is -2.29. The number of hydrogen-bond acceptors (Lipinski definition) is 3. The van der Waals surface area contributed by atoms with Gasteiger partial charge in [-0.2, -0.15) is 4.57 Å². The quantitative estimate of drug-likeness (QED) is 0.225. The fraction of sp³-hybridized carbons (Fsp3) is 0.441. The Morgan fingerprint density at radius 3 is 2.26 bits per heavy atom. The molecule has 4 atom stereocenters. The van der Waals surface area contributed by atoms with Gasteiger partial charge in [-0.1, -0.05) is 59.2 Å². The average molecular weight is 507 g/mol. The van der Waals surface area contributed by atoms with Crippen LogP contribution in [0.25, 0.3) is 34.2 Å². The van der Waals surface area contributed by atoms with E-state index in [1.807, 2.05) is 0 Å². The Morgan fingerprint density at radius 2 is 1.58 bits per heavy atom. The Morgan fingerprint density at radius 1 is 0.842 bits per heavy atom. The van der Waals surface area contributed by atoms with Gasteiger partial charge < -0.3 is 4.42 Å². The molecule has 4 unspecified atom stereocenters. The third kappa shape index (κ3) is 4.38. The van der Waals surface area contributed by atoms with Gasteiger partial charge in [0.25, 0.3) is 0 Å². The maximum absolute atomic E-state index is 6.23. The summed E-state index contributed by atoms with van der Waals surface area (Å²) < 4.78 is 8.68. The van der Waals surface area contributed by atoms with E-state index in [1.165, 1.54) is 41.6 Å². The lowest BCUT2D eigenvalue weighted by atomic mass is 9.79. The number of fused-ring (bicyclic) bond motifs is 3. The van der Waals surface area contributed by atoms with Gasteiger partial charge in [-0.3, -0.25) is 0 Å². The summed E-state index contributed by atoms with van der Waals surface area (Å²) in [5.41, 5.74) is 7.44. The predicted molar refractivity (Wildman–Crippen MR) is 153 cm³/mol. The molecule has 1 aliphatic heterocycles. The summed E-state index contributed by atoms with van der Waals surface area (Å²) in [6, 6.07) is 22.4. The molecule has 3 heterocycles. The van der Waals surface area contributed by atoms with Gasteiger partial charge in [-0.25, -0.2) is 0 Å². The van der Waals surface area contributed by atoms with E-state index in [0.717, 1.165) is 35.8 Å². The van der Waals surface area contributed by atoms with Crippen molar-refractivity contribution in [3.05, 3.63) is 78.0 Å². The monoisotopic (exact) mass is 506 g/mol. The summed E-state index contributed by atoms with van der Waals surface area (Å²) in [6.45, 7) is 11.6. The molecule has 4 heteroatoms. The van der Waals surface area contributed by atoms with E-state index in [9.17, 15) is 0 Å². The molecule has 0 bridgehead atoms. The van der Waals surface area contributed by atoms with Gasteiger partial charge in [0.15, 0.2) is 12.2 Å². The van der Waals surface area contributed by atoms with Crippen molar-refractivity contribution in [3.63, 3.8) is 0 Å². The molecule has 1 aliphatic carbocycles. The molecule has 2 aliphatic rings. The largest absolute Gasteiger partial charge is 0.416 e. The summed E-state index contributed by atoms with van der Waals surface area (Å²) in [5.74, 6) is 3.46. The second-order valence-corrected chi connectivity index (χ2v) is 12.0. The molecule has 0 amide bonds. The molecular formula is C34H40N3O+. The standard InChI is InChI=1S/C34H40N3O/c1-6-22-19-25(22)21-34(4,5)26-15-12-23(13-16-26)32-35-36-33(38-32)24-14-17-28-27(7-2)30(8-3)37-18-10-9-11-31(37)29(28)20-24/h9-18,20,22,25,27,30H,6-8,19,21H2,1-5H3/q+1. The van der Waals surface area contributed by atoms with Gasteiger partial charge in [0.2, 0.25) is 17.5 Å². The maximum atomic E-state index is 6.23. The van der Waals surface area contributed by atoms with Crippen LogP contribution in [0.4, 0.5) is 0 Å². The summed E-state index contributed by atoms with van der Waals surface area (Å²) >= 11 is 0. The zero-order valence-electron chi connectivity index (χ0n) is 23.4. The topological polar surface area (TPSA) is 42.8 Å². The van der Waals surface area contributed by atoms with Crippen molar-refractivity contribution >= 4 is 0 Å². The smallest absolute Gasteiger partial charge is 0.248 e. The van der Waals surface area contributed by atoms with Crippen molar-refractivity contribution in [3.8, 4) is 34.2 Å². The molecule has 6 rings (SSSR count). The second-order valence-electron chi connectivity index (χ2n) is 12.0. The molecule has 4 aromatic rings. The third-order valence-corrected chi connectivity index (χ3v) is 9.25. The van der Waals surface area contributed by atoms with Crippen LogP contribution in [-0.2, 0) is 5.41 Å². The summed E-state index contributed by atoms with van der Waals surface area (Å²) in [4.78, 5) is 0. The molecule has 4 nitrogen and oxygen atoms in total. The lowest BCUT2D eigenvalue weighted by Crippen LogP contribution is -2.46. The SMILES string of the molecule is CCC1CC1CC(C)(C)c1ccc(-c2nnc(-c3ccc4c(c3)-c3cccc[n+]3C(CC)C4CC)o2)cc1. The summed E-state index contributed by atoms with van der Waals surface area (Å²) in [7, 11) is 0. The van der Waals surface area contributed by atoms with E-state index in [2.05, 4.69) is 116 Å². The number of benzene rings is 2. The van der Waals surface area contributed by atoms with Crippen molar-refractivity contribution in [1.29, 1.82) is 0 Å². The van der Waals surface area contributed by atoms with Crippen molar-refractivity contribution in [1.82, 2.24) is 10.2 Å². The Bertz CT molecular complexity index is 1430. The minimum atomic E-state index is 0.178. The highest BCUT2D eigenvalue weighted by Crippen LogP contribution is 2.49. The summed E-state index contributed by atoms with van der Waals surface area (Å²) in [5, 5.41) is 8.88. The molecule has 0 N–H and O–H groups in total. The highest BCUT2D eigenvalue weighted by atomic mass is 16.4. The Labute approximate surface area is 227 Å². The van der Waals surface area contributed by atoms with Crippen LogP contribution in [0, 0.1) is 11.8 Å². The molecule has 0 saturated heterocycles. The highest BCUT2D eigenvalue weighted by Gasteiger charge is 2.40. The molecule has 1 saturated carbocycles. The number of aromatic nitrogens is 3. The predicted octanol–water partition coefficient (Wildman–Crippen LogP) is 8.53. The number of hydrogen-bond donors (Lipinski definition) is 0. The van der Waals surface area contributed by atoms with Crippen LogP contribution >= 0.6 is 0 Å². The van der Waals surface area contributed by atoms with Gasteiger partial charge >= 0.3 is 0 Å². The van der Waals surface area contributed by atoms with Crippen LogP contribution in [0.3, 0.4) is 0 Å². The van der Waals surface area contributed by atoms with Crippen LogP contribution in [0.5, 0.6) is 0 Å². The van der Waals surface area contributed by atoms with E-state index in [4.69, 9.17) is 4.42 Å². The minimum absolute atomic E-state index is 0.178. The molecule has 1 fully saturated rings. The molecular weight excluding hydrogens is 466 g/mol. The first kappa shape index (κ1) is 25.0. The van der Waals surface area contributed by atoms with Gasteiger partial charge in [0.05, 0.1) is 5.56 Å². The van der Waals surface area contributed by atoms with Gasteiger partial charge in [-0.05, 0) is 78.0 Å². The fourth-order valence-corrected chi connectivity index (χ4v) is 6.94. The van der Waals surface area contributed by atoms with E-state index >= 15 is 0 Å². The van der Waals surface area contributed by atoms with E-state index in [1.54, 1.807) is 0 Å². The average Bonchev–Trinajstić information content (AvgIpc) is 3.49. The normalized spacial score (nSPS) is 22.1. The zero-order chi connectivity index (χ0) is 26.4. The Hall–Kier alpha value is -3.27. The first-order valence-electron chi connectivity index (χ1n) is 14.5. The number of nitrogens with zero attached hydrogens (tertiary/aromatic N) is 3. The fourth-order valence-electron chi connectivity index (χ4n) is 6.94. The highest BCUT2D eigenvalue weighted by molar-refractivity contribution is 5.71. The van der Waals surface area contributed by atoms with Crippen LogP contribution < -0.4 is 4.57 Å². The van der Waals surface area contributed by atoms with Crippen LogP contribution in [0.15, 0.2) is 71.3 Å². The Kier molecular flexibility index (Phi) is 6.45. The van der Waals surface area contributed by atoms with E-state index in [-0.39, 0.29) is 5.41 Å². The van der Waals surface area contributed by atoms with E-state index < -0.39 is 0 Å². The molecule has 0 radical (unpaired) electrons. The van der Waals surface area contributed by atoms with Crippen LogP contribution in [0.2, 0.25) is 0 Å². The molecule has 2 aromatic heterocycles. The third-order valence-electron chi connectivity index (χ3n) is 9.25. The second kappa shape index (κ2) is 9.80. The number of rotatable bonds is 8.